The van der Waals surface area contributed by atoms with Crippen molar-refractivity contribution in [3.05, 3.63) is 42.6 Å². The molecular formula is C19H19N5O3. The van der Waals surface area contributed by atoms with Crippen LogP contribution in [0.15, 0.2) is 42.6 Å². The minimum Gasteiger partial charge on any atom is -0.481 e. The van der Waals surface area contributed by atoms with E-state index in [1.54, 1.807) is 19.4 Å². The van der Waals surface area contributed by atoms with E-state index in [0.29, 0.717) is 38.0 Å². The number of pyridine rings is 1. The van der Waals surface area contributed by atoms with E-state index in [-0.39, 0.29) is 0 Å². The summed E-state index contributed by atoms with van der Waals surface area (Å²) in [6.07, 6.45) is 0.889. The van der Waals surface area contributed by atoms with Gasteiger partial charge in [0.1, 0.15) is 0 Å². The van der Waals surface area contributed by atoms with E-state index in [9.17, 15) is 4.79 Å². The van der Waals surface area contributed by atoms with Gasteiger partial charge in [0, 0.05) is 49.4 Å². The Morgan fingerprint density at radius 3 is 2.63 bits per heavy atom. The van der Waals surface area contributed by atoms with E-state index in [1.807, 2.05) is 35.2 Å². The molecule has 0 bridgehead atoms. The first-order chi connectivity index (χ1) is 13.1. The summed E-state index contributed by atoms with van der Waals surface area (Å²) in [5.74, 6) is 0.992. The zero-order chi connectivity index (χ0) is 18.8. The van der Waals surface area contributed by atoms with Gasteiger partial charge in [-0.3, -0.25) is 4.98 Å². The number of piperazine rings is 1. The number of methoxy groups -OCH3 is 1. The molecule has 1 aromatic carbocycles. The van der Waals surface area contributed by atoms with Crippen molar-refractivity contribution in [3.63, 3.8) is 0 Å². The van der Waals surface area contributed by atoms with Gasteiger partial charge in [-0.25, -0.2) is 9.78 Å². The third kappa shape index (κ3) is 3.46. The molecule has 0 spiro atoms. The maximum atomic E-state index is 11.1. The molecule has 4 rings (SSSR count). The van der Waals surface area contributed by atoms with Crippen molar-refractivity contribution in [2.24, 2.45) is 0 Å². The van der Waals surface area contributed by atoms with Crippen molar-refractivity contribution < 1.29 is 14.6 Å². The van der Waals surface area contributed by atoms with Crippen LogP contribution < -0.4 is 9.64 Å². The number of aromatic nitrogens is 3. The standard InChI is InChI=1S/C19H19N5O3/c1-27-17-11-16(14-10-13-4-2-3-5-15(13)20-12-14)21-18(22-17)23-6-8-24(9-7-23)19(25)26/h2-5,10-12H,6-9H2,1H3,(H,25,26). The Kier molecular flexibility index (Phi) is 4.45. The summed E-state index contributed by atoms with van der Waals surface area (Å²) in [5.41, 5.74) is 2.52. The highest BCUT2D eigenvalue weighted by Gasteiger charge is 2.23. The van der Waals surface area contributed by atoms with Crippen molar-refractivity contribution in [1.82, 2.24) is 19.9 Å². The molecule has 8 nitrogen and oxygen atoms in total. The highest BCUT2D eigenvalue weighted by molar-refractivity contribution is 5.83. The number of hydrogen-bond acceptors (Lipinski definition) is 6. The summed E-state index contributed by atoms with van der Waals surface area (Å²) in [5, 5.41) is 10.1. The highest BCUT2D eigenvalue weighted by Crippen LogP contribution is 2.26. The van der Waals surface area contributed by atoms with Crippen LogP contribution in [0.1, 0.15) is 0 Å². The lowest BCUT2D eigenvalue weighted by Gasteiger charge is -2.33. The van der Waals surface area contributed by atoms with E-state index in [0.717, 1.165) is 22.2 Å². The molecule has 1 aliphatic rings. The van der Waals surface area contributed by atoms with Gasteiger partial charge in [-0.15, -0.1) is 0 Å². The Balaban J connectivity index is 1.67. The summed E-state index contributed by atoms with van der Waals surface area (Å²) in [6, 6.07) is 11.7. The Morgan fingerprint density at radius 2 is 1.89 bits per heavy atom. The fourth-order valence-electron chi connectivity index (χ4n) is 3.12. The lowest BCUT2D eigenvalue weighted by molar-refractivity contribution is 0.142. The smallest absolute Gasteiger partial charge is 0.407 e. The molecule has 0 unspecified atom stereocenters. The van der Waals surface area contributed by atoms with Crippen LogP contribution in [-0.2, 0) is 0 Å². The molecule has 3 aromatic rings. The highest BCUT2D eigenvalue weighted by atomic mass is 16.5. The van der Waals surface area contributed by atoms with Gasteiger partial charge < -0.3 is 19.6 Å². The quantitative estimate of drug-likeness (QED) is 0.762. The van der Waals surface area contributed by atoms with Crippen molar-refractivity contribution in [2.45, 2.75) is 0 Å². The molecule has 138 valence electrons. The van der Waals surface area contributed by atoms with Gasteiger partial charge in [0.25, 0.3) is 0 Å². The third-order valence-corrected chi connectivity index (χ3v) is 4.62. The number of anilines is 1. The lowest BCUT2D eigenvalue weighted by Crippen LogP contribution is -2.48. The van der Waals surface area contributed by atoms with E-state index in [2.05, 4.69) is 15.0 Å². The Hall–Kier alpha value is -3.42. The maximum absolute atomic E-state index is 11.1. The third-order valence-electron chi connectivity index (χ3n) is 4.62. The number of ether oxygens (including phenoxy) is 1. The molecule has 1 fully saturated rings. The minimum absolute atomic E-state index is 0.419. The van der Waals surface area contributed by atoms with E-state index < -0.39 is 6.09 Å². The fraction of sp³-hybridized carbons (Fsp3) is 0.263. The van der Waals surface area contributed by atoms with E-state index >= 15 is 0 Å². The summed E-state index contributed by atoms with van der Waals surface area (Å²) < 4.78 is 5.35. The molecule has 0 atom stereocenters. The molecule has 2 aromatic heterocycles. The Morgan fingerprint density at radius 1 is 1.11 bits per heavy atom. The number of fused-ring (bicyclic) bond motifs is 1. The van der Waals surface area contributed by atoms with Gasteiger partial charge >= 0.3 is 6.09 Å². The average molecular weight is 365 g/mol. The van der Waals surface area contributed by atoms with Crippen LogP contribution in [0.25, 0.3) is 22.2 Å². The van der Waals surface area contributed by atoms with Crippen LogP contribution in [0.3, 0.4) is 0 Å². The van der Waals surface area contributed by atoms with E-state index in [1.165, 1.54) is 4.90 Å². The van der Waals surface area contributed by atoms with Crippen LogP contribution in [0.4, 0.5) is 10.7 Å². The van der Waals surface area contributed by atoms with Crippen molar-refractivity contribution >= 4 is 22.9 Å². The van der Waals surface area contributed by atoms with Gasteiger partial charge in [-0.05, 0) is 12.1 Å². The zero-order valence-electron chi connectivity index (χ0n) is 14.9. The molecule has 1 saturated heterocycles. The molecule has 0 saturated carbocycles. The number of rotatable bonds is 3. The first-order valence-corrected chi connectivity index (χ1v) is 8.65. The van der Waals surface area contributed by atoms with Crippen molar-refractivity contribution in [1.29, 1.82) is 0 Å². The van der Waals surface area contributed by atoms with Gasteiger partial charge in [0.15, 0.2) is 0 Å². The van der Waals surface area contributed by atoms with Crippen molar-refractivity contribution in [3.8, 4) is 17.1 Å². The zero-order valence-corrected chi connectivity index (χ0v) is 14.9. The van der Waals surface area contributed by atoms with Crippen LogP contribution in [-0.4, -0.2) is 64.3 Å². The number of benzene rings is 1. The second kappa shape index (κ2) is 7.06. The van der Waals surface area contributed by atoms with Crippen LogP contribution in [0, 0.1) is 0 Å². The summed E-state index contributed by atoms with van der Waals surface area (Å²) in [7, 11) is 1.57. The first kappa shape index (κ1) is 17.0. The predicted molar refractivity (Wildman–Crippen MR) is 101 cm³/mol. The van der Waals surface area contributed by atoms with Crippen LogP contribution >= 0.6 is 0 Å². The fourth-order valence-corrected chi connectivity index (χ4v) is 3.12. The molecular weight excluding hydrogens is 346 g/mol. The SMILES string of the molecule is COc1cc(-c2cnc3ccccc3c2)nc(N2CCN(C(=O)O)CC2)n1. The molecule has 0 aliphatic carbocycles. The van der Waals surface area contributed by atoms with Gasteiger partial charge in [-0.2, -0.15) is 4.98 Å². The number of carboxylic acid groups (broad SMARTS) is 1. The monoisotopic (exact) mass is 365 g/mol. The molecule has 1 aliphatic heterocycles. The van der Waals surface area contributed by atoms with Gasteiger partial charge in [0.05, 0.1) is 18.3 Å². The second-order valence-electron chi connectivity index (χ2n) is 6.27. The largest absolute Gasteiger partial charge is 0.481 e. The summed E-state index contributed by atoms with van der Waals surface area (Å²) in [4.78, 5) is 28.1. The summed E-state index contributed by atoms with van der Waals surface area (Å²) >= 11 is 0. The van der Waals surface area contributed by atoms with Crippen LogP contribution in [0.5, 0.6) is 5.88 Å². The van der Waals surface area contributed by atoms with Crippen LogP contribution in [0.2, 0.25) is 0 Å². The number of nitrogens with zero attached hydrogens (tertiary/aromatic N) is 5. The topological polar surface area (TPSA) is 91.7 Å². The molecule has 1 amide bonds. The van der Waals surface area contributed by atoms with Crippen molar-refractivity contribution in [2.75, 3.05) is 38.2 Å². The first-order valence-electron chi connectivity index (χ1n) is 8.65. The predicted octanol–water partition coefficient (Wildman–Crippen LogP) is 2.50. The average Bonchev–Trinajstić information content (AvgIpc) is 2.73. The molecule has 3 heterocycles. The number of amides is 1. The summed E-state index contributed by atoms with van der Waals surface area (Å²) in [6.45, 7) is 1.91. The number of carbonyl (C=O) groups is 1. The van der Waals surface area contributed by atoms with E-state index in [4.69, 9.17) is 9.84 Å². The Labute approximate surface area is 156 Å². The number of para-hydroxylation sites is 1. The molecule has 0 radical (unpaired) electrons. The second-order valence-corrected chi connectivity index (χ2v) is 6.27. The van der Waals surface area contributed by atoms with Gasteiger partial charge in [-0.1, -0.05) is 18.2 Å². The lowest BCUT2D eigenvalue weighted by atomic mass is 10.1. The number of hydrogen-bond donors (Lipinski definition) is 1. The van der Waals surface area contributed by atoms with Gasteiger partial charge in [0.2, 0.25) is 11.8 Å². The molecule has 27 heavy (non-hydrogen) atoms. The maximum Gasteiger partial charge on any atom is 0.407 e. The minimum atomic E-state index is -0.899. The molecule has 8 heteroatoms. The Bertz CT molecular complexity index is 986. The normalized spacial score (nSPS) is 14.4. The molecule has 1 N–H and O–H groups in total.